The minimum atomic E-state index is 0.00142. The largest absolute Gasteiger partial charge is 0.497 e. The maximum atomic E-state index is 13.0. The summed E-state index contributed by atoms with van der Waals surface area (Å²) in [6, 6.07) is 13.3. The van der Waals surface area contributed by atoms with E-state index in [9.17, 15) is 4.79 Å². The molecule has 3 rings (SSSR count). The Morgan fingerprint density at radius 1 is 1.17 bits per heavy atom. The van der Waals surface area contributed by atoms with E-state index in [1.54, 1.807) is 14.2 Å². The third kappa shape index (κ3) is 3.26. The second kappa shape index (κ2) is 7.26. The molecule has 0 aliphatic carbocycles. The van der Waals surface area contributed by atoms with E-state index in [2.05, 4.69) is 15.9 Å². The maximum Gasteiger partial charge on any atom is 0.254 e. The average molecular weight is 390 g/mol. The number of carbonyl (C=O) groups excluding carboxylic acids is 1. The predicted octanol–water partition coefficient (Wildman–Crippen LogP) is 4.44. The van der Waals surface area contributed by atoms with Crippen LogP contribution in [0.25, 0.3) is 0 Å². The first-order chi connectivity index (χ1) is 11.6. The van der Waals surface area contributed by atoms with Gasteiger partial charge >= 0.3 is 0 Å². The van der Waals surface area contributed by atoms with E-state index in [0.717, 1.165) is 40.9 Å². The van der Waals surface area contributed by atoms with Gasteiger partial charge in [0.2, 0.25) is 0 Å². The molecule has 0 spiro atoms. The number of hydrogen-bond acceptors (Lipinski definition) is 3. The summed E-state index contributed by atoms with van der Waals surface area (Å²) in [4.78, 5) is 14.9. The van der Waals surface area contributed by atoms with Gasteiger partial charge in [0.1, 0.15) is 11.5 Å². The second-order valence-electron chi connectivity index (χ2n) is 5.77. The van der Waals surface area contributed by atoms with Crippen LogP contribution >= 0.6 is 15.9 Å². The lowest BCUT2D eigenvalue weighted by Crippen LogP contribution is -2.30. The van der Waals surface area contributed by atoms with Gasteiger partial charge in [-0.3, -0.25) is 4.79 Å². The average Bonchev–Trinajstić information content (AvgIpc) is 3.10. The topological polar surface area (TPSA) is 38.8 Å². The molecule has 24 heavy (non-hydrogen) atoms. The number of rotatable bonds is 4. The summed E-state index contributed by atoms with van der Waals surface area (Å²) < 4.78 is 11.8. The Balaban J connectivity index is 1.95. The van der Waals surface area contributed by atoms with Crippen molar-refractivity contribution in [2.75, 3.05) is 20.8 Å². The molecule has 0 bridgehead atoms. The molecule has 1 aliphatic heterocycles. The van der Waals surface area contributed by atoms with Crippen LogP contribution in [0, 0.1) is 0 Å². The summed E-state index contributed by atoms with van der Waals surface area (Å²) in [5.74, 6) is 1.60. The summed E-state index contributed by atoms with van der Waals surface area (Å²) in [5.41, 5.74) is 1.69. The molecule has 1 heterocycles. The molecule has 5 heteroatoms. The first-order valence-electron chi connectivity index (χ1n) is 7.92. The van der Waals surface area contributed by atoms with E-state index in [4.69, 9.17) is 9.47 Å². The summed E-state index contributed by atoms with van der Waals surface area (Å²) in [6.45, 7) is 0.746. The Bertz CT molecular complexity index is 747. The Kier molecular flexibility index (Phi) is 5.09. The monoisotopic (exact) mass is 389 g/mol. The van der Waals surface area contributed by atoms with Crippen molar-refractivity contribution in [3.8, 4) is 11.5 Å². The zero-order valence-corrected chi connectivity index (χ0v) is 15.4. The molecule has 1 aliphatic rings. The van der Waals surface area contributed by atoms with Crippen molar-refractivity contribution in [3.63, 3.8) is 0 Å². The maximum absolute atomic E-state index is 13.0. The van der Waals surface area contributed by atoms with Gasteiger partial charge in [0.25, 0.3) is 5.91 Å². The van der Waals surface area contributed by atoms with Gasteiger partial charge in [-0.05, 0) is 49.2 Å². The van der Waals surface area contributed by atoms with E-state index in [-0.39, 0.29) is 11.9 Å². The summed E-state index contributed by atoms with van der Waals surface area (Å²) >= 11 is 3.43. The van der Waals surface area contributed by atoms with Crippen molar-refractivity contribution in [1.29, 1.82) is 0 Å². The van der Waals surface area contributed by atoms with Gasteiger partial charge in [-0.25, -0.2) is 0 Å². The molecule has 2 aromatic rings. The zero-order chi connectivity index (χ0) is 17.1. The molecule has 126 valence electrons. The quantitative estimate of drug-likeness (QED) is 0.775. The SMILES string of the molecule is COc1ccc(OC)c(C2CCCN2C(=O)c2cccc(Br)c2)c1. The first kappa shape index (κ1) is 16.8. The van der Waals surface area contributed by atoms with Crippen LogP contribution in [0.3, 0.4) is 0 Å². The standard InChI is InChI=1S/C19H20BrNO3/c1-23-15-8-9-18(24-2)16(12-15)17-7-4-10-21(17)19(22)13-5-3-6-14(20)11-13/h3,5-6,8-9,11-12,17H,4,7,10H2,1-2H3. The number of amides is 1. The van der Waals surface area contributed by atoms with Crippen LogP contribution in [-0.4, -0.2) is 31.6 Å². The van der Waals surface area contributed by atoms with E-state index < -0.39 is 0 Å². The lowest BCUT2D eigenvalue weighted by atomic mass is 10.0. The number of nitrogens with zero attached hydrogens (tertiary/aromatic N) is 1. The number of carbonyl (C=O) groups is 1. The van der Waals surface area contributed by atoms with Crippen LogP contribution in [0.1, 0.15) is 34.8 Å². The predicted molar refractivity (Wildman–Crippen MR) is 96.7 cm³/mol. The number of hydrogen-bond donors (Lipinski definition) is 0. The van der Waals surface area contributed by atoms with E-state index in [1.807, 2.05) is 47.4 Å². The zero-order valence-electron chi connectivity index (χ0n) is 13.8. The Hall–Kier alpha value is -2.01. The van der Waals surface area contributed by atoms with Crippen LogP contribution in [-0.2, 0) is 0 Å². The van der Waals surface area contributed by atoms with Crippen LogP contribution in [0.2, 0.25) is 0 Å². The van der Waals surface area contributed by atoms with Crippen LogP contribution in [0.5, 0.6) is 11.5 Å². The molecule has 1 fully saturated rings. The van der Waals surface area contributed by atoms with Crippen molar-refractivity contribution >= 4 is 21.8 Å². The van der Waals surface area contributed by atoms with Gasteiger partial charge in [-0.1, -0.05) is 22.0 Å². The molecule has 0 aromatic heterocycles. The van der Waals surface area contributed by atoms with E-state index in [1.165, 1.54) is 0 Å². The molecule has 1 saturated heterocycles. The highest BCUT2D eigenvalue weighted by Gasteiger charge is 2.32. The second-order valence-corrected chi connectivity index (χ2v) is 6.69. The molecule has 1 amide bonds. The fourth-order valence-corrected chi connectivity index (χ4v) is 3.62. The van der Waals surface area contributed by atoms with Gasteiger partial charge in [0.05, 0.1) is 20.3 Å². The molecule has 1 unspecified atom stereocenters. The van der Waals surface area contributed by atoms with Crippen molar-refractivity contribution in [3.05, 3.63) is 58.1 Å². The van der Waals surface area contributed by atoms with Gasteiger partial charge in [0, 0.05) is 22.1 Å². The Morgan fingerprint density at radius 3 is 2.71 bits per heavy atom. The number of benzene rings is 2. The summed E-state index contributed by atoms with van der Waals surface area (Å²) in [5, 5.41) is 0. The highest BCUT2D eigenvalue weighted by atomic mass is 79.9. The minimum absolute atomic E-state index is 0.00142. The van der Waals surface area contributed by atoms with Crippen molar-refractivity contribution in [2.45, 2.75) is 18.9 Å². The van der Waals surface area contributed by atoms with Crippen LogP contribution in [0.15, 0.2) is 46.9 Å². The molecular weight excluding hydrogens is 370 g/mol. The first-order valence-corrected chi connectivity index (χ1v) is 8.72. The van der Waals surface area contributed by atoms with Gasteiger partial charge < -0.3 is 14.4 Å². The molecule has 0 N–H and O–H groups in total. The normalized spacial score (nSPS) is 17.0. The lowest BCUT2D eigenvalue weighted by Gasteiger charge is -2.27. The molecular formula is C19H20BrNO3. The number of halogens is 1. The third-order valence-corrected chi connectivity index (χ3v) is 4.87. The minimum Gasteiger partial charge on any atom is -0.497 e. The fourth-order valence-electron chi connectivity index (χ4n) is 3.22. The Morgan fingerprint density at radius 2 is 2.00 bits per heavy atom. The highest BCUT2D eigenvalue weighted by molar-refractivity contribution is 9.10. The summed E-state index contributed by atoms with van der Waals surface area (Å²) in [6.07, 6.45) is 1.90. The highest BCUT2D eigenvalue weighted by Crippen LogP contribution is 2.39. The van der Waals surface area contributed by atoms with Crippen molar-refractivity contribution < 1.29 is 14.3 Å². The number of methoxy groups -OCH3 is 2. The molecule has 0 radical (unpaired) electrons. The van der Waals surface area contributed by atoms with Crippen LogP contribution < -0.4 is 9.47 Å². The molecule has 0 saturated carbocycles. The van der Waals surface area contributed by atoms with E-state index >= 15 is 0 Å². The summed E-state index contributed by atoms with van der Waals surface area (Å²) in [7, 11) is 3.30. The molecule has 2 aromatic carbocycles. The fraction of sp³-hybridized carbons (Fsp3) is 0.316. The smallest absolute Gasteiger partial charge is 0.254 e. The van der Waals surface area contributed by atoms with Crippen molar-refractivity contribution in [1.82, 2.24) is 4.90 Å². The number of likely N-dealkylation sites (tertiary alicyclic amines) is 1. The van der Waals surface area contributed by atoms with Gasteiger partial charge in [-0.2, -0.15) is 0 Å². The van der Waals surface area contributed by atoms with Crippen LogP contribution in [0.4, 0.5) is 0 Å². The van der Waals surface area contributed by atoms with Gasteiger partial charge in [-0.15, -0.1) is 0 Å². The third-order valence-electron chi connectivity index (χ3n) is 4.38. The Labute approximate surface area is 150 Å². The lowest BCUT2D eigenvalue weighted by molar-refractivity contribution is 0.0734. The molecule has 4 nitrogen and oxygen atoms in total. The van der Waals surface area contributed by atoms with E-state index in [0.29, 0.717) is 5.56 Å². The van der Waals surface area contributed by atoms with Gasteiger partial charge in [0.15, 0.2) is 0 Å². The molecule has 1 atom stereocenters. The van der Waals surface area contributed by atoms with Crippen molar-refractivity contribution in [2.24, 2.45) is 0 Å². The number of ether oxygens (including phenoxy) is 2.